The standard InChI is InChI=1S/C16H18N9O8PS3/c1-24-16(20-22-23-24)37-3-6-2-35-13-9(12(27)25(13)10(6)14(28)29)19-11(26)8(7-4-36-15(17)18-7)21-33-5-34(30,31)32/h4,9,13H,2-3,5H2,1H3,(H2,17,18)(H,19,26)(H,28,29)(H2,30,31,32)/t9?,13-/m0/s1. The van der Waals surface area contributed by atoms with Gasteiger partial charge in [0.05, 0.1) is 0 Å². The van der Waals surface area contributed by atoms with Gasteiger partial charge in [0.25, 0.3) is 11.8 Å². The summed E-state index contributed by atoms with van der Waals surface area (Å²) in [6.07, 6.45) is -1.09. The summed E-state index contributed by atoms with van der Waals surface area (Å²) in [5, 5.41) is 28.1. The molecule has 21 heteroatoms. The van der Waals surface area contributed by atoms with Crippen LogP contribution in [0, 0.1) is 0 Å². The highest BCUT2D eigenvalue weighted by Crippen LogP contribution is 2.41. The number of carbonyl (C=O) groups is 3. The lowest BCUT2D eigenvalue weighted by Gasteiger charge is -2.49. The number of hydrogen-bond acceptors (Lipinski definition) is 14. The number of tetrazole rings is 1. The molecule has 4 rings (SSSR count). The summed E-state index contributed by atoms with van der Waals surface area (Å²) in [6.45, 7) is 0. The van der Waals surface area contributed by atoms with Crippen molar-refractivity contribution in [1.82, 2.24) is 35.4 Å². The number of anilines is 1. The highest BCUT2D eigenvalue weighted by atomic mass is 32.2. The quantitative estimate of drug-likeness (QED) is 0.0703. The van der Waals surface area contributed by atoms with Gasteiger partial charge in [0.2, 0.25) is 11.5 Å². The van der Waals surface area contributed by atoms with Gasteiger partial charge in [-0.1, -0.05) is 16.9 Å². The highest BCUT2D eigenvalue weighted by Gasteiger charge is 2.54. The average Bonchev–Trinajstić information content (AvgIpc) is 3.44. The molecular formula is C16H18N9O8PS3. The molecule has 2 aromatic rings. The SMILES string of the molecule is Cn1nnnc1SCC1=C(C(=O)O)N2C(=O)C(NC(=O)C(=NOCP(=O)(O)O)c3csc(N)n3)[C@@H]2SC1. The largest absolute Gasteiger partial charge is 0.477 e. The predicted octanol–water partition coefficient (Wildman–Crippen LogP) is -1.36. The molecule has 0 saturated carbocycles. The Morgan fingerprint density at radius 1 is 1.43 bits per heavy atom. The number of oxime groups is 1. The van der Waals surface area contributed by atoms with Crippen molar-refractivity contribution in [3.05, 3.63) is 22.3 Å². The molecule has 2 aliphatic rings. The molecule has 2 aromatic heterocycles. The van der Waals surface area contributed by atoms with Gasteiger partial charge in [-0.3, -0.25) is 19.1 Å². The van der Waals surface area contributed by atoms with Gasteiger partial charge in [-0.15, -0.1) is 28.2 Å². The molecule has 2 amide bonds. The van der Waals surface area contributed by atoms with Crippen molar-refractivity contribution in [3.8, 4) is 0 Å². The Bertz CT molecular complexity index is 1350. The minimum atomic E-state index is -4.58. The second-order valence-corrected chi connectivity index (χ2v) is 12.0. The zero-order valence-corrected chi connectivity index (χ0v) is 22.0. The molecule has 1 unspecified atom stereocenters. The maximum atomic E-state index is 13.0. The number of aromatic nitrogens is 5. The molecule has 17 nitrogen and oxygen atoms in total. The Balaban J connectivity index is 1.50. The first-order valence-electron chi connectivity index (χ1n) is 9.98. The van der Waals surface area contributed by atoms with Gasteiger partial charge < -0.3 is 30.8 Å². The minimum absolute atomic E-state index is 0.0330. The second kappa shape index (κ2) is 10.8. The van der Waals surface area contributed by atoms with Gasteiger partial charge in [-0.2, -0.15) is 0 Å². The van der Waals surface area contributed by atoms with Crippen molar-refractivity contribution in [2.75, 3.05) is 23.6 Å². The Morgan fingerprint density at radius 3 is 2.78 bits per heavy atom. The lowest BCUT2D eigenvalue weighted by Crippen LogP contribution is -2.71. The number of nitrogens with one attached hydrogen (secondary N) is 1. The van der Waals surface area contributed by atoms with Crippen molar-refractivity contribution in [3.63, 3.8) is 0 Å². The van der Waals surface area contributed by atoms with Crippen LogP contribution in [-0.4, -0.2) is 97.7 Å². The maximum absolute atomic E-state index is 13.0. The fraction of sp³-hybridized carbons (Fsp3) is 0.375. The van der Waals surface area contributed by atoms with Crippen LogP contribution in [0.15, 0.2) is 27.0 Å². The van der Waals surface area contributed by atoms with Crippen molar-refractivity contribution < 1.29 is 38.7 Å². The lowest BCUT2D eigenvalue weighted by molar-refractivity contribution is -0.150. The summed E-state index contributed by atoms with van der Waals surface area (Å²) < 4.78 is 12.5. The third-order valence-electron chi connectivity index (χ3n) is 4.85. The van der Waals surface area contributed by atoms with E-state index in [1.165, 1.54) is 33.6 Å². The molecule has 6 N–H and O–H groups in total. The van der Waals surface area contributed by atoms with Crippen molar-refractivity contribution in [2.24, 2.45) is 12.2 Å². The molecule has 0 radical (unpaired) electrons. The van der Waals surface area contributed by atoms with Crippen LogP contribution in [0.3, 0.4) is 0 Å². The summed E-state index contributed by atoms with van der Waals surface area (Å²) in [5.41, 5.74) is 5.42. The zero-order valence-electron chi connectivity index (χ0n) is 18.6. The fourth-order valence-corrected chi connectivity index (χ4v) is 6.36. The van der Waals surface area contributed by atoms with Crippen molar-refractivity contribution in [1.29, 1.82) is 0 Å². The van der Waals surface area contributed by atoms with E-state index in [1.807, 2.05) is 0 Å². The zero-order chi connectivity index (χ0) is 26.9. The van der Waals surface area contributed by atoms with E-state index in [9.17, 15) is 24.1 Å². The number of aryl methyl sites for hydroxylation is 1. The smallest absolute Gasteiger partial charge is 0.365 e. The average molecular weight is 592 g/mol. The van der Waals surface area contributed by atoms with Gasteiger partial charge >= 0.3 is 13.6 Å². The molecule has 0 aliphatic carbocycles. The third kappa shape index (κ3) is 5.94. The Labute approximate surface area is 219 Å². The van der Waals surface area contributed by atoms with Gasteiger partial charge in [0.15, 0.2) is 10.8 Å². The van der Waals surface area contributed by atoms with Crippen molar-refractivity contribution in [2.45, 2.75) is 16.6 Å². The molecule has 198 valence electrons. The molecule has 37 heavy (non-hydrogen) atoms. The molecular weight excluding hydrogens is 573 g/mol. The molecule has 0 aromatic carbocycles. The van der Waals surface area contributed by atoms with E-state index in [0.29, 0.717) is 10.7 Å². The first kappa shape index (κ1) is 27.0. The van der Waals surface area contributed by atoms with E-state index in [2.05, 4.69) is 35.8 Å². The number of thiazole rings is 1. The molecule has 2 atom stereocenters. The number of nitrogens with zero attached hydrogens (tertiary/aromatic N) is 7. The number of amides is 2. The predicted molar refractivity (Wildman–Crippen MR) is 130 cm³/mol. The number of fused-ring (bicyclic) bond motifs is 1. The van der Waals surface area contributed by atoms with Crippen LogP contribution in [0.4, 0.5) is 5.13 Å². The van der Waals surface area contributed by atoms with Gasteiger partial charge in [-0.05, 0) is 16.0 Å². The number of carboxylic acid groups (broad SMARTS) is 1. The molecule has 0 bridgehead atoms. The van der Waals surface area contributed by atoms with E-state index in [-0.39, 0.29) is 28.0 Å². The van der Waals surface area contributed by atoms with Crippen LogP contribution in [0.2, 0.25) is 0 Å². The monoisotopic (exact) mass is 591 g/mol. The minimum Gasteiger partial charge on any atom is -0.477 e. The Kier molecular flexibility index (Phi) is 7.85. The molecule has 1 saturated heterocycles. The van der Waals surface area contributed by atoms with E-state index in [0.717, 1.165) is 16.2 Å². The van der Waals surface area contributed by atoms with Crippen molar-refractivity contribution >= 4 is 71.1 Å². The van der Waals surface area contributed by atoms with Gasteiger partial charge in [0, 0.05) is 23.9 Å². The molecule has 2 aliphatic heterocycles. The van der Waals surface area contributed by atoms with Gasteiger partial charge in [0.1, 0.15) is 22.8 Å². The molecule has 1 fully saturated rings. The number of aliphatic carboxylic acids is 1. The summed E-state index contributed by atoms with van der Waals surface area (Å²) in [4.78, 5) is 65.5. The van der Waals surface area contributed by atoms with Crippen LogP contribution >= 0.6 is 42.5 Å². The molecule has 4 heterocycles. The van der Waals surface area contributed by atoms with E-state index < -0.39 is 48.9 Å². The third-order valence-corrected chi connectivity index (χ3v) is 8.42. The topological polar surface area (TPSA) is 248 Å². The van der Waals surface area contributed by atoms with Gasteiger partial charge in [-0.25, -0.2) is 14.5 Å². The first-order chi connectivity index (χ1) is 17.5. The summed E-state index contributed by atoms with van der Waals surface area (Å²) in [6, 6.07) is -1.09. The number of carbonyl (C=O) groups excluding carboxylic acids is 2. The maximum Gasteiger partial charge on any atom is 0.365 e. The second-order valence-electron chi connectivity index (χ2n) is 7.43. The fourth-order valence-electron chi connectivity index (χ4n) is 3.27. The normalized spacial score (nSPS) is 19.9. The first-order valence-corrected chi connectivity index (χ1v) is 14.7. The van der Waals surface area contributed by atoms with Crippen LogP contribution in [-0.2, 0) is 30.8 Å². The van der Waals surface area contributed by atoms with Crippen LogP contribution < -0.4 is 11.1 Å². The Hall–Kier alpha value is -3.03. The van der Waals surface area contributed by atoms with Crippen LogP contribution in [0.25, 0.3) is 0 Å². The number of carboxylic acids is 1. The number of nitrogen functional groups attached to an aromatic ring is 1. The van der Waals surface area contributed by atoms with E-state index in [4.69, 9.17) is 15.5 Å². The van der Waals surface area contributed by atoms with Crippen LogP contribution in [0.5, 0.6) is 0 Å². The summed E-state index contributed by atoms with van der Waals surface area (Å²) >= 11 is 3.46. The van der Waals surface area contributed by atoms with E-state index in [1.54, 1.807) is 7.05 Å². The van der Waals surface area contributed by atoms with E-state index >= 15 is 0 Å². The summed E-state index contributed by atoms with van der Waals surface area (Å²) in [5.74, 6) is -2.36. The number of β-lactam (4-membered cyclic amide) rings is 1. The highest BCUT2D eigenvalue weighted by molar-refractivity contribution is 8.01. The molecule has 0 spiro atoms. The Morgan fingerprint density at radius 2 is 2.19 bits per heavy atom. The lowest BCUT2D eigenvalue weighted by atomic mass is 10.0. The number of nitrogens with two attached hydrogens (primary N) is 1. The van der Waals surface area contributed by atoms with Crippen LogP contribution in [0.1, 0.15) is 5.69 Å². The summed E-state index contributed by atoms with van der Waals surface area (Å²) in [7, 11) is -2.94. The number of thioether (sulfide) groups is 2. The number of rotatable bonds is 10. The number of hydrogen-bond donors (Lipinski definition) is 5.